The first kappa shape index (κ1) is 18.7. The van der Waals surface area contributed by atoms with Gasteiger partial charge in [0.15, 0.2) is 0 Å². The van der Waals surface area contributed by atoms with Crippen molar-refractivity contribution in [3.8, 4) is 0 Å². The van der Waals surface area contributed by atoms with Gasteiger partial charge in [0.2, 0.25) is 5.91 Å². The van der Waals surface area contributed by atoms with Crippen molar-refractivity contribution >= 4 is 17.6 Å². The molecule has 1 aromatic carbocycles. The number of carbonyl (C=O) groups excluding carboxylic acids is 2. The van der Waals surface area contributed by atoms with E-state index in [0.717, 1.165) is 31.6 Å². The van der Waals surface area contributed by atoms with Crippen molar-refractivity contribution in [1.29, 1.82) is 0 Å². The highest BCUT2D eigenvalue weighted by Gasteiger charge is 2.33. The minimum atomic E-state index is -0.134. The van der Waals surface area contributed by atoms with Crippen molar-refractivity contribution in [3.63, 3.8) is 0 Å². The molecular formula is C20H30N4O2. The Kier molecular flexibility index (Phi) is 5.51. The van der Waals surface area contributed by atoms with Gasteiger partial charge in [-0.25, -0.2) is 4.79 Å². The van der Waals surface area contributed by atoms with Gasteiger partial charge in [-0.15, -0.1) is 0 Å². The second-order valence-electron chi connectivity index (χ2n) is 7.77. The van der Waals surface area contributed by atoms with Gasteiger partial charge in [-0.3, -0.25) is 4.79 Å². The average molecular weight is 358 g/mol. The highest BCUT2D eigenvalue weighted by Crippen LogP contribution is 2.24. The van der Waals surface area contributed by atoms with Crippen molar-refractivity contribution < 1.29 is 9.59 Å². The van der Waals surface area contributed by atoms with Gasteiger partial charge in [-0.1, -0.05) is 6.07 Å². The fraction of sp³-hybridized carbons (Fsp3) is 0.600. The van der Waals surface area contributed by atoms with Crippen molar-refractivity contribution in [3.05, 3.63) is 29.3 Å². The molecule has 0 bridgehead atoms. The van der Waals surface area contributed by atoms with Crippen LogP contribution in [-0.4, -0.2) is 67.6 Å². The molecule has 1 atom stereocenters. The minimum Gasteiger partial charge on any atom is -0.333 e. The summed E-state index contributed by atoms with van der Waals surface area (Å²) in [5.41, 5.74) is 3.30. The maximum atomic E-state index is 12.6. The molecule has 2 heterocycles. The van der Waals surface area contributed by atoms with Crippen LogP contribution in [0, 0.1) is 13.8 Å². The summed E-state index contributed by atoms with van der Waals surface area (Å²) in [4.78, 5) is 30.9. The van der Waals surface area contributed by atoms with Gasteiger partial charge in [0.1, 0.15) is 0 Å². The van der Waals surface area contributed by atoms with Crippen LogP contribution in [0.4, 0.5) is 10.5 Å². The number of nitrogens with zero attached hydrogens (tertiary/aromatic N) is 3. The summed E-state index contributed by atoms with van der Waals surface area (Å²) in [6.07, 6.45) is 2.36. The van der Waals surface area contributed by atoms with E-state index in [-0.39, 0.29) is 24.0 Å². The minimum absolute atomic E-state index is 0.0699. The highest BCUT2D eigenvalue weighted by molar-refractivity contribution is 5.96. The Morgan fingerprint density at radius 2 is 1.88 bits per heavy atom. The number of urea groups is 1. The molecule has 6 nitrogen and oxygen atoms in total. The zero-order valence-corrected chi connectivity index (χ0v) is 16.3. The standard InChI is InChI=1S/C20H30N4O2/c1-14-5-6-18(11-15(14)2)24-13-16(12-19(24)25)21-20(26)23(4)17-7-9-22(3)10-8-17/h5-6,11,16-17H,7-10,12-13H2,1-4H3,(H,21,26). The SMILES string of the molecule is Cc1ccc(N2CC(NC(=O)N(C)C3CCN(C)CC3)CC2=O)cc1C. The Morgan fingerprint density at radius 1 is 1.19 bits per heavy atom. The first-order chi connectivity index (χ1) is 12.3. The molecule has 2 saturated heterocycles. The predicted molar refractivity (Wildman–Crippen MR) is 103 cm³/mol. The molecule has 26 heavy (non-hydrogen) atoms. The number of aryl methyl sites for hydroxylation is 2. The van der Waals surface area contributed by atoms with Crippen molar-refractivity contribution in [2.24, 2.45) is 0 Å². The van der Waals surface area contributed by atoms with E-state index in [9.17, 15) is 9.59 Å². The molecule has 3 rings (SSSR count). The van der Waals surface area contributed by atoms with Gasteiger partial charge in [-0.2, -0.15) is 0 Å². The second kappa shape index (κ2) is 7.66. The van der Waals surface area contributed by atoms with E-state index in [1.807, 2.05) is 30.1 Å². The number of hydrogen-bond donors (Lipinski definition) is 1. The Bertz CT molecular complexity index is 682. The zero-order chi connectivity index (χ0) is 18.8. The third-order valence-electron chi connectivity index (χ3n) is 5.81. The van der Waals surface area contributed by atoms with Gasteiger partial charge in [-0.05, 0) is 70.1 Å². The van der Waals surface area contributed by atoms with Gasteiger partial charge < -0.3 is 20.0 Å². The van der Waals surface area contributed by atoms with E-state index < -0.39 is 0 Å². The molecule has 2 aliphatic rings. The fourth-order valence-corrected chi connectivity index (χ4v) is 3.77. The summed E-state index contributed by atoms with van der Waals surface area (Å²) in [5.74, 6) is 0.0699. The Balaban J connectivity index is 1.58. The predicted octanol–water partition coefficient (Wildman–Crippen LogP) is 2.14. The third kappa shape index (κ3) is 4.01. The van der Waals surface area contributed by atoms with Crippen LogP contribution in [0.3, 0.4) is 0 Å². The number of benzene rings is 1. The number of nitrogens with one attached hydrogen (secondary N) is 1. The molecule has 0 spiro atoms. The molecule has 1 unspecified atom stereocenters. The largest absolute Gasteiger partial charge is 0.333 e. The molecule has 0 radical (unpaired) electrons. The van der Waals surface area contributed by atoms with Crippen LogP contribution < -0.4 is 10.2 Å². The molecule has 2 fully saturated rings. The number of rotatable bonds is 3. The number of carbonyl (C=O) groups is 2. The van der Waals surface area contributed by atoms with Crippen LogP contribution in [0.15, 0.2) is 18.2 Å². The normalized spacial score (nSPS) is 21.9. The van der Waals surface area contributed by atoms with Crippen LogP contribution in [0.2, 0.25) is 0 Å². The number of anilines is 1. The molecule has 2 aliphatic heterocycles. The van der Waals surface area contributed by atoms with Gasteiger partial charge in [0.05, 0.1) is 6.04 Å². The Morgan fingerprint density at radius 3 is 2.54 bits per heavy atom. The van der Waals surface area contributed by atoms with Crippen LogP contribution in [0.5, 0.6) is 0 Å². The molecule has 0 aliphatic carbocycles. The molecule has 3 amide bonds. The number of hydrogen-bond acceptors (Lipinski definition) is 3. The first-order valence-corrected chi connectivity index (χ1v) is 9.44. The van der Waals surface area contributed by atoms with Crippen molar-refractivity contribution in [1.82, 2.24) is 15.1 Å². The topological polar surface area (TPSA) is 55.9 Å². The van der Waals surface area contributed by atoms with E-state index in [0.29, 0.717) is 13.0 Å². The number of amides is 3. The molecule has 1 N–H and O–H groups in total. The number of likely N-dealkylation sites (tertiary alicyclic amines) is 1. The Labute approximate surface area is 156 Å². The Hall–Kier alpha value is -2.08. The van der Waals surface area contributed by atoms with Crippen LogP contribution >= 0.6 is 0 Å². The van der Waals surface area contributed by atoms with E-state index in [4.69, 9.17) is 0 Å². The lowest BCUT2D eigenvalue weighted by molar-refractivity contribution is -0.117. The third-order valence-corrected chi connectivity index (χ3v) is 5.81. The monoisotopic (exact) mass is 358 g/mol. The molecule has 6 heteroatoms. The summed E-state index contributed by atoms with van der Waals surface area (Å²) >= 11 is 0. The summed E-state index contributed by atoms with van der Waals surface area (Å²) in [6.45, 7) is 6.69. The van der Waals surface area contributed by atoms with Crippen LogP contribution in [0.25, 0.3) is 0 Å². The lowest BCUT2D eigenvalue weighted by Gasteiger charge is -2.35. The zero-order valence-electron chi connectivity index (χ0n) is 16.3. The maximum absolute atomic E-state index is 12.6. The van der Waals surface area contributed by atoms with E-state index in [1.54, 1.807) is 4.90 Å². The van der Waals surface area contributed by atoms with Crippen LogP contribution in [-0.2, 0) is 4.79 Å². The van der Waals surface area contributed by atoms with E-state index in [2.05, 4.69) is 31.1 Å². The average Bonchev–Trinajstić information content (AvgIpc) is 2.97. The van der Waals surface area contributed by atoms with Crippen LogP contribution in [0.1, 0.15) is 30.4 Å². The molecule has 0 aromatic heterocycles. The lowest BCUT2D eigenvalue weighted by Crippen LogP contribution is -2.50. The fourth-order valence-electron chi connectivity index (χ4n) is 3.77. The summed E-state index contributed by atoms with van der Waals surface area (Å²) in [6, 6.07) is 6.14. The number of piperidine rings is 1. The van der Waals surface area contributed by atoms with Gasteiger partial charge in [0, 0.05) is 31.7 Å². The molecular weight excluding hydrogens is 328 g/mol. The van der Waals surface area contributed by atoms with E-state index in [1.165, 1.54) is 11.1 Å². The molecule has 142 valence electrons. The lowest BCUT2D eigenvalue weighted by atomic mass is 10.0. The summed E-state index contributed by atoms with van der Waals surface area (Å²) in [7, 11) is 3.98. The first-order valence-electron chi connectivity index (χ1n) is 9.44. The molecule has 0 saturated carbocycles. The van der Waals surface area contributed by atoms with E-state index >= 15 is 0 Å². The van der Waals surface area contributed by atoms with Gasteiger partial charge in [0.25, 0.3) is 0 Å². The van der Waals surface area contributed by atoms with Gasteiger partial charge >= 0.3 is 6.03 Å². The smallest absolute Gasteiger partial charge is 0.317 e. The summed E-state index contributed by atoms with van der Waals surface area (Å²) < 4.78 is 0. The maximum Gasteiger partial charge on any atom is 0.317 e. The molecule has 1 aromatic rings. The van der Waals surface area contributed by atoms with Crippen molar-refractivity contribution in [2.75, 3.05) is 38.6 Å². The highest BCUT2D eigenvalue weighted by atomic mass is 16.2. The summed E-state index contributed by atoms with van der Waals surface area (Å²) in [5, 5.41) is 3.05. The van der Waals surface area contributed by atoms with Crippen molar-refractivity contribution in [2.45, 2.75) is 45.2 Å². The quantitative estimate of drug-likeness (QED) is 0.901. The second-order valence-corrected chi connectivity index (χ2v) is 7.77.